The molecule has 19 heavy (non-hydrogen) atoms. The molecule has 0 radical (unpaired) electrons. The van der Waals surface area contributed by atoms with Gasteiger partial charge in [-0.2, -0.15) is 0 Å². The molecule has 1 aliphatic carbocycles. The van der Waals surface area contributed by atoms with Crippen LogP contribution in [-0.2, 0) is 4.79 Å². The van der Waals surface area contributed by atoms with Crippen LogP contribution in [0.3, 0.4) is 0 Å². The minimum Gasteiger partial charge on any atom is -0.338 e. The Hall–Kier alpha value is -0.610. The van der Waals surface area contributed by atoms with Gasteiger partial charge in [-0.1, -0.05) is 6.92 Å². The van der Waals surface area contributed by atoms with E-state index in [1.165, 1.54) is 0 Å². The highest BCUT2D eigenvalue weighted by Gasteiger charge is 2.34. The Kier molecular flexibility index (Phi) is 4.85. The third-order valence-corrected chi connectivity index (χ3v) is 4.91. The predicted octanol–water partition coefficient (Wildman–Crippen LogP) is 1.30. The van der Waals surface area contributed by atoms with Gasteiger partial charge in [0, 0.05) is 31.1 Å². The summed E-state index contributed by atoms with van der Waals surface area (Å²) in [5, 5.41) is 0. The second-order valence-electron chi connectivity index (χ2n) is 6.65. The summed E-state index contributed by atoms with van der Waals surface area (Å²) in [7, 11) is 2.15. The van der Waals surface area contributed by atoms with Gasteiger partial charge in [-0.05, 0) is 52.1 Å². The molecule has 2 fully saturated rings. The van der Waals surface area contributed by atoms with Crippen LogP contribution in [0.5, 0.6) is 0 Å². The van der Waals surface area contributed by atoms with Crippen molar-refractivity contribution < 1.29 is 4.79 Å². The fourth-order valence-electron chi connectivity index (χ4n) is 3.58. The average Bonchev–Trinajstić information content (AvgIpc) is 2.52. The summed E-state index contributed by atoms with van der Waals surface area (Å²) in [6.07, 6.45) is 4.04. The van der Waals surface area contributed by atoms with E-state index in [1.54, 1.807) is 0 Å². The molecule has 1 amide bonds. The van der Waals surface area contributed by atoms with Gasteiger partial charge in [0.2, 0.25) is 5.91 Å². The highest BCUT2D eigenvalue weighted by molar-refractivity contribution is 5.79. The molecule has 110 valence electrons. The van der Waals surface area contributed by atoms with Crippen LogP contribution in [0.15, 0.2) is 0 Å². The smallest absolute Gasteiger partial charge is 0.225 e. The van der Waals surface area contributed by atoms with Crippen molar-refractivity contribution >= 4 is 5.91 Å². The van der Waals surface area contributed by atoms with Crippen LogP contribution in [0.25, 0.3) is 0 Å². The molecule has 4 unspecified atom stereocenters. The van der Waals surface area contributed by atoms with E-state index in [-0.39, 0.29) is 12.0 Å². The Balaban J connectivity index is 1.98. The van der Waals surface area contributed by atoms with E-state index < -0.39 is 0 Å². The molecule has 0 bridgehead atoms. The maximum absolute atomic E-state index is 12.7. The van der Waals surface area contributed by atoms with Crippen LogP contribution in [0.2, 0.25) is 0 Å². The molecule has 2 N–H and O–H groups in total. The molecule has 0 aromatic heterocycles. The summed E-state index contributed by atoms with van der Waals surface area (Å²) < 4.78 is 0. The summed E-state index contributed by atoms with van der Waals surface area (Å²) in [5.41, 5.74) is 6.06. The van der Waals surface area contributed by atoms with Gasteiger partial charge in [-0.3, -0.25) is 4.79 Å². The Bertz CT molecular complexity index is 321. The number of rotatable bonds is 1. The third-order valence-electron chi connectivity index (χ3n) is 4.91. The van der Waals surface area contributed by atoms with Gasteiger partial charge >= 0.3 is 0 Å². The minimum atomic E-state index is 0.209. The Morgan fingerprint density at radius 1 is 1.21 bits per heavy atom. The SMILES string of the molecule is CC1CC(C(=O)N2CCCN(C)CC2C)CCC1N. The van der Waals surface area contributed by atoms with E-state index in [9.17, 15) is 4.79 Å². The Morgan fingerprint density at radius 3 is 2.63 bits per heavy atom. The quantitative estimate of drug-likeness (QED) is 0.779. The lowest BCUT2D eigenvalue weighted by Gasteiger charge is -2.36. The molecule has 1 saturated carbocycles. The van der Waals surface area contributed by atoms with E-state index in [0.29, 0.717) is 17.9 Å². The zero-order chi connectivity index (χ0) is 14.0. The van der Waals surface area contributed by atoms with Crippen molar-refractivity contribution in [3.05, 3.63) is 0 Å². The molecule has 1 saturated heterocycles. The van der Waals surface area contributed by atoms with Gasteiger partial charge < -0.3 is 15.5 Å². The minimum absolute atomic E-state index is 0.209. The third kappa shape index (κ3) is 3.48. The lowest BCUT2D eigenvalue weighted by atomic mass is 9.78. The highest BCUT2D eigenvalue weighted by atomic mass is 16.2. The molecule has 4 nitrogen and oxygen atoms in total. The van der Waals surface area contributed by atoms with Crippen molar-refractivity contribution in [1.29, 1.82) is 0 Å². The maximum Gasteiger partial charge on any atom is 0.225 e. The number of nitrogens with zero attached hydrogens (tertiary/aromatic N) is 2. The lowest BCUT2D eigenvalue weighted by molar-refractivity contribution is -0.139. The topological polar surface area (TPSA) is 49.6 Å². The number of carbonyl (C=O) groups is 1. The van der Waals surface area contributed by atoms with Gasteiger partial charge in [0.25, 0.3) is 0 Å². The van der Waals surface area contributed by atoms with Gasteiger partial charge in [0.1, 0.15) is 0 Å². The number of hydrogen-bond acceptors (Lipinski definition) is 3. The van der Waals surface area contributed by atoms with Crippen LogP contribution < -0.4 is 5.73 Å². The summed E-state index contributed by atoms with van der Waals surface area (Å²) in [6, 6.07) is 0.627. The van der Waals surface area contributed by atoms with Crippen molar-refractivity contribution in [2.24, 2.45) is 17.6 Å². The highest BCUT2D eigenvalue weighted by Crippen LogP contribution is 2.30. The fourth-order valence-corrected chi connectivity index (χ4v) is 3.58. The van der Waals surface area contributed by atoms with Crippen LogP contribution in [-0.4, -0.2) is 54.5 Å². The molecule has 2 aliphatic rings. The number of amides is 1. The molecular formula is C15H29N3O. The zero-order valence-corrected chi connectivity index (χ0v) is 12.6. The normalized spacial score (nSPS) is 38.0. The summed E-state index contributed by atoms with van der Waals surface area (Å²) in [4.78, 5) is 17.2. The van der Waals surface area contributed by atoms with E-state index in [2.05, 4.69) is 30.7 Å². The first-order chi connectivity index (χ1) is 8.99. The van der Waals surface area contributed by atoms with E-state index >= 15 is 0 Å². The molecular weight excluding hydrogens is 238 g/mol. The molecule has 2 rings (SSSR count). The van der Waals surface area contributed by atoms with E-state index in [0.717, 1.165) is 45.3 Å². The molecule has 0 aromatic rings. The second-order valence-corrected chi connectivity index (χ2v) is 6.65. The van der Waals surface area contributed by atoms with Gasteiger partial charge in [0.05, 0.1) is 0 Å². The number of carbonyl (C=O) groups excluding carboxylic acids is 1. The first-order valence-electron chi connectivity index (χ1n) is 7.73. The predicted molar refractivity (Wildman–Crippen MR) is 77.8 cm³/mol. The van der Waals surface area contributed by atoms with Crippen molar-refractivity contribution in [2.75, 3.05) is 26.7 Å². The summed E-state index contributed by atoms with van der Waals surface area (Å²) in [5.74, 6) is 1.06. The molecule has 0 spiro atoms. The van der Waals surface area contributed by atoms with Crippen LogP contribution in [0.4, 0.5) is 0 Å². The largest absolute Gasteiger partial charge is 0.338 e. The number of nitrogens with two attached hydrogens (primary N) is 1. The number of likely N-dealkylation sites (N-methyl/N-ethyl adjacent to an activating group) is 1. The zero-order valence-electron chi connectivity index (χ0n) is 12.6. The lowest BCUT2D eigenvalue weighted by Crippen LogP contribution is -2.47. The van der Waals surface area contributed by atoms with Crippen LogP contribution >= 0.6 is 0 Å². The van der Waals surface area contributed by atoms with Crippen LogP contribution in [0, 0.1) is 11.8 Å². The second kappa shape index (κ2) is 6.23. The van der Waals surface area contributed by atoms with Gasteiger partial charge in [0.15, 0.2) is 0 Å². The molecule has 0 aromatic carbocycles. The fraction of sp³-hybridized carbons (Fsp3) is 0.933. The van der Waals surface area contributed by atoms with Crippen molar-refractivity contribution in [3.63, 3.8) is 0 Å². The van der Waals surface area contributed by atoms with Crippen molar-refractivity contribution in [1.82, 2.24) is 9.80 Å². The molecule has 4 heteroatoms. The Labute approximate surface area is 117 Å². The van der Waals surface area contributed by atoms with Crippen LogP contribution in [0.1, 0.15) is 39.5 Å². The average molecular weight is 267 g/mol. The van der Waals surface area contributed by atoms with Crippen molar-refractivity contribution in [2.45, 2.75) is 51.6 Å². The standard InChI is InChI=1S/C15H29N3O/c1-11-9-13(5-6-14(11)16)15(19)18-8-4-7-17(3)10-12(18)2/h11-14H,4-10,16H2,1-3H3. The number of hydrogen-bond donors (Lipinski definition) is 1. The maximum atomic E-state index is 12.7. The summed E-state index contributed by atoms with van der Waals surface area (Å²) >= 11 is 0. The Morgan fingerprint density at radius 2 is 1.95 bits per heavy atom. The molecule has 1 aliphatic heterocycles. The molecule has 1 heterocycles. The van der Waals surface area contributed by atoms with Gasteiger partial charge in [-0.15, -0.1) is 0 Å². The first kappa shape index (κ1) is 14.8. The summed E-state index contributed by atoms with van der Waals surface area (Å²) in [6.45, 7) is 7.37. The van der Waals surface area contributed by atoms with E-state index in [4.69, 9.17) is 5.73 Å². The first-order valence-corrected chi connectivity index (χ1v) is 7.73. The van der Waals surface area contributed by atoms with Gasteiger partial charge in [-0.25, -0.2) is 0 Å². The van der Waals surface area contributed by atoms with Crippen molar-refractivity contribution in [3.8, 4) is 0 Å². The monoisotopic (exact) mass is 267 g/mol. The van der Waals surface area contributed by atoms with E-state index in [1.807, 2.05) is 0 Å². The molecule has 4 atom stereocenters.